The fourth-order valence-electron chi connectivity index (χ4n) is 3.02. The first-order valence-corrected chi connectivity index (χ1v) is 8.18. The Morgan fingerprint density at radius 3 is 2.68 bits per heavy atom. The highest BCUT2D eigenvalue weighted by Gasteiger charge is 2.38. The Balaban J connectivity index is 1.88. The molecule has 1 atom stereocenters. The smallest absolute Gasteiger partial charge is 0.0547 e. The van der Waals surface area contributed by atoms with Crippen molar-refractivity contribution in [2.75, 3.05) is 39.4 Å². The molecule has 1 N–H and O–H groups in total. The highest BCUT2D eigenvalue weighted by molar-refractivity contribution is 4.90. The van der Waals surface area contributed by atoms with Crippen LogP contribution in [0.1, 0.15) is 46.5 Å². The molecule has 0 aromatic heterocycles. The van der Waals surface area contributed by atoms with Gasteiger partial charge in [0.1, 0.15) is 0 Å². The zero-order chi connectivity index (χ0) is 13.7. The van der Waals surface area contributed by atoms with E-state index in [1.165, 1.54) is 38.8 Å². The van der Waals surface area contributed by atoms with Gasteiger partial charge in [-0.3, -0.25) is 4.90 Å². The second-order valence-electron chi connectivity index (χ2n) is 6.95. The van der Waals surface area contributed by atoms with Gasteiger partial charge in [0.2, 0.25) is 0 Å². The van der Waals surface area contributed by atoms with Crippen molar-refractivity contribution in [1.29, 1.82) is 0 Å². The van der Waals surface area contributed by atoms with Gasteiger partial charge in [0.05, 0.1) is 6.61 Å². The van der Waals surface area contributed by atoms with Gasteiger partial charge in [-0.2, -0.15) is 0 Å². The largest absolute Gasteiger partial charge is 0.381 e. The molecule has 0 bridgehead atoms. The zero-order valence-corrected chi connectivity index (χ0v) is 13.1. The predicted molar refractivity (Wildman–Crippen MR) is 80.5 cm³/mol. The molecule has 3 nitrogen and oxygen atoms in total. The first-order valence-electron chi connectivity index (χ1n) is 8.18. The Morgan fingerprint density at radius 2 is 2.16 bits per heavy atom. The molecule has 1 aliphatic carbocycles. The fourth-order valence-corrected chi connectivity index (χ4v) is 3.02. The molecule has 19 heavy (non-hydrogen) atoms. The van der Waals surface area contributed by atoms with Crippen molar-refractivity contribution in [3.8, 4) is 0 Å². The van der Waals surface area contributed by atoms with E-state index in [9.17, 15) is 0 Å². The summed E-state index contributed by atoms with van der Waals surface area (Å²) >= 11 is 0. The van der Waals surface area contributed by atoms with Crippen LogP contribution in [0.3, 0.4) is 0 Å². The van der Waals surface area contributed by atoms with Crippen molar-refractivity contribution < 1.29 is 4.74 Å². The topological polar surface area (TPSA) is 24.5 Å². The van der Waals surface area contributed by atoms with E-state index in [0.29, 0.717) is 11.5 Å². The Bertz CT molecular complexity index is 257. The number of hydrogen-bond donors (Lipinski definition) is 1. The Labute approximate surface area is 119 Å². The number of ether oxygens (including phenoxy) is 1. The highest BCUT2D eigenvalue weighted by Crippen LogP contribution is 2.34. The molecule has 1 saturated heterocycles. The van der Waals surface area contributed by atoms with Gasteiger partial charge in [0.15, 0.2) is 0 Å². The summed E-state index contributed by atoms with van der Waals surface area (Å²) in [5.74, 6) is 0.977. The van der Waals surface area contributed by atoms with Crippen molar-refractivity contribution in [3.63, 3.8) is 0 Å². The lowest BCUT2D eigenvalue weighted by Crippen LogP contribution is -2.47. The normalized spacial score (nSPS) is 27.6. The second kappa shape index (κ2) is 7.05. The first kappa shape index (κ1) is 15.3. The molecule has 0 radical (unpaired) electrons. The molecule has 1 unspecified atom stereocenters. The maximum absolute atomic E-state index is 5.73. The Morgan fingerprint density at radius 1 is 1.37 bits per heavy atom. The minimum Gasteiger partial charge on any atom is -0.381 e. The summed E-state index contributed by atoms with van der Waals surface area (Å²) in [5.41, 5.74) is 0.355. The minimum atomic E-state index is 0.355. The molecule has 112 valence electrons. The van der Waals surface area contributed by atoms with Crippen LogP contribution < -0.4 is 5.32 Å². The molecule has 1 aliphatic heterocycles. The van der Waals surface area contributed by atoms with Gasteiger partial charge in [-0.05, 0) is 52.0 Å². The highest BCUT2D eigenvalue weighted by atomic mass is 16.5. The molecule has 2 aliphatic rings. The van der Waals surface area contributed by atoms with Gasteiger partial charge in [0.25, 0.3) is 0 Å². The summed E-state index contributed by atoms with van der Waals surface area (Å²) in [7, 11) is 0. The minimum absolute atomic E-state index is 0.355. The van der Waals surface area contributed by atoms with Gasteiger partial charge in [-0.1, -0.05) is 6.92 Å². The number of rotatable bonds is 9. The summed E-state index contributed by atoms with van der Waals surface area (Å²) in [4.78, 5) is 2.69. The average Bonchev–Trinajstić information content (AvgIpc) is 3.07. The standard InChI is InChI=1S/C16H32N2O/c1-4-8-17-11-16(7-9-19-13-16)12-18(14(2)3)10-15-5-6-15/h14-15,17H,4-13H2,1-3H3. The van der Waals surface area contributed by atoms with Crippen molar-refractivity contribution in [2.24, 2.45) is 11.3 Å². The molecule has 3 heteroatoms. The van der Waals surface area contributed by atoms with E-state index in [4.69, 9.17) is 4.74 Å². The van der Waals surface area contributed by atoms with Crippen LogP contribution in [0.15, 0.2) is 0 Å². The molecule has 1 heterocycles. The van der Waals surface area contributed by atoms with Gasteiger partial charge in [-0.15, -0.1) is 0 Å². The van der Waals surface area contributed by atoms with Crippen LogP contribution in [-0.4, -0.2) is 50.3 Å². The SMILES string of the molecule is CCCNCC1(CN(CC2CC2)C(C)C)CCOC1. The van der Waals surface area contributed by atoms with Crippen molar-refractivity contribution in [2.45, 2.75) is 52.5 Å². The quantitative estimate of drug-likeness (QED) is 0.650. The van der Waals surface area contributed by atoms with E-state index < -0.39 is 0 Å². The molecule has 0 aromatic rings. The maximum Gasteiger partial charge on any atom is 0.0547 e. The van der Waals surface area contributed by atoms with E-state index in [0.717, 1.165) is 32.2 Å². The third kappa shape index (κ3) is 4.73. The summed E-state index contributed by atoms with van der Waals surface area (Å²) in [6.45, 7) is 13.6. The molecule has 2 fully saturated rings. The summed E-state index contributed by atoms with van der Waals surface area (Å²) in [6, 6.07) is 0.657. The fraction of sp³-hybridized carbons (Fsp3) is 1.00. The van der Waals surface area contributed by atoms with Crippen molar-refractivity contribution in [1.82, 2.24) is 10.2 Å². The van der Waals surface area contributed by atoms with Gasteiger partial charge in [-0.25, -0.2) is 0 Å². The summed E-state index contributed by atoms with van der Waals surface area (Å²) in [6.07, 6.45) is 5.33. The van der Waals surface area contributed by atoms with Gasteiger partial charge >= 0.3 is 0 Å². The predicted octanol–water partition coefficient (Wildman–Crippen LogP) is 2.51. The van der Waals surface area contributed by atoms with E-state index in [-0.39, 0.29) is 0 Å². The Kier molecular flexibility index (Phi) is 5.67. The van der Waals surface area contributed by atoms with E-state index >= 15 is 0 Å². The lowest BCUT2D eigenvalue weighted by Gasteiger charge is -2.37. The summed E-state index contributed by atoms with van der Waals surface area (Å²) < 4.78 is 5.73. The second-order valence-corrected chi connectivity index (χ2v) is 6.95. The van der Waals surface area contributed by atoms with Gasteiger partial charge < -0.3 is 10.1 Å². The maximum atomic E-state index is 5.73. The molecule has 0 spiro atoms. The number of hydrogen-bond acceptors (Lipinski definition) is 3. The molecular formula is C16H32N2O. The van der Waals surface area contributed by atoms with E-state index in [2.05, 4.69) is 31.0 Å². The molecule has 1 saturated carbocycles. The number of nitrogens with zero attached hydrogens (tertiary/aromatic N) is 1. The molecular weight excluding hydrogens is 236 g/mol. The van der Waals surface area contributed by atoms with E-state index in [1.807, 2.05) is 0 Å². The van der Waals surface area contributed by atoms with Crippen LogP contribution in [0.25, 0.3) is 0 Å². The number of nitrogens with one attached hydrogen (secondary N) is 1. The summed E-state index contributed by atoms with van der Waals surface area (Å²) in [5, 5.41) is 3.62. The zero-order valence-electron chi connectivity index (χ0n) is 13.1. The van der Waals surface area contributed by atoms with E-state index in [1.54, 1.807) is 0 Å². The van der Waals surface area contributed by atoms with Crippen LogP contribution in [-0.2, 0) is 4.74 Å². The van der Waals surface area contributed by atoms with Gasteiger partial charge in [0, 0.05) is 37.7 Å². The van der Waals surface area contributed by atoms with Crippen LogP contribution >= 0.6 is 0 Å². The lowest BCUT2D eigenvalue weighted by atomic mass is 9.86. The average molecular weight is 268 g/mol. The van der Waals surface area contributed by atoms with Crippen LogP contribution in [0, 0.1) is 11.3 Å². The van der Waals surface area contributed by atoms with Crippen LogP contribution in [0.5, 0.6) is 0 Å². The molecule has 0 aromatic carbocycles. The Hall–Kier alpha value is -0.120. The first-order chi connectivity index (χ1) is 9.15. The monoisotopic (exact) mass is 268 g/mol. The lowest BCUT2D eigenvalue weighted by molar-refractivity contribution is 0.0900. The van der Waals surface area contributed by atoms with Crippen LogP contribution in [0.2, 0.25) is 0 Å². The van der Waals surface area contributed by atoms with Crippen molar-refractivity contribution in [3.05, 3.63) is 0 Å². The van der Waals surface area contributed by atoms with Crippen molar-refractivity contribution >= 4 is 0 Å². The third-order valence-electron chi connectivity index (χ3n) is 4.57. The molecule has 2 rings (SSSR count). The molecule has 0 amide bonds. The third-order valence-corrected chi connectivity index (χ3v) is 4.57. The van der Waals surface area contributed by atoms with Crippen LogP contribution in [0.4, 0.5) is 0 Å².